The Morgan fingerprint density at radius 2 is 2.11 bits per heavy atom. The third-order valence-corrected chi connectivity index (χ3v) is 3.61. The Morgan fingerprint density at radius 1 is 1.42 bits per heavy atom. The molecule has 0 aromatic heterocycles. The lowest BCUT2D eigenvalue weighted by molar-refractivity contribution is -0.0281. The SMILES string of the molecule is CC1(O)CCCN(CC(O)c2ccc(C#N)cc2)C1. The molecular weight excluding hydrogens is 240 g/mol. The Labute approximate surface area is 113 Å². The molecule has 19 heavy (non-hydrogen) atoms. The van der Waals surface area contributed by atoms with Crippen molar-refractivity contribution in [3.63, 3.8) is 0 Å². The molecule has 102 valence electrons. The molecule has 1 aliphatic heterocycles. The van der Waals surface area contributed by atoms with Crippen molar-refractivity contribution in [3.8, 4) is 6.07 Å². The maximum Gasteiger partial charge on any atom is 0.0991 e. The summed E-state index contributed by atoms with van der Waals surface area (Å²) >= 11 is 0. The van der Waals surface area contributed by atoms with Gasteiger partial charge in [-0.3, -0.25) is 4.90 Å². The molecule has 0 radical (unpaired) electrons. The van der Waals surface area contributed by atoms with Crippen LogP contribution in [-0.4, -0.2) is 40.3 Å². The van der Waals surface area contributed by atoms with Crippen LogP contribution in [0.3, 0.4) is 0 Å². The van der Waals surface area contributed by atoms with Crippen molar-refractivity contribution in [3.05, 3.63) is 35.4 Å². The predicted octanol–water partition coefficient (Wildman–Crippen LogP) is 1.44. The van der Waals surface area contributed by atoms with Crippen LogP contribution in [0.15, 0.2) is 24.3 Å². The first-order chi connectivity index (χ1) is 9.00. The molecule has 0 bridgehead atoms. The lowest BCUT2D eigenvalue weighted by atomic mass is 9.94. The molecule has 4 nitrogen and oxygen atoms in total. The second-order valence-electron chi connectivity index (χ2n) is 5.59. The molecule has 0 aliphatic carbocycles. The number of likely N-dealkylation sites (tertiary alicyclic amines) is 1. The average Bonchev–Trinajstić information content (AvgIpc) is 2.37. The summed E-state index contributed by atoms with van der Waals surface area (Å²) < 4.78 is 0. The molecule has 2 unspecified atom stereocenters. The minimum absolute atomic E-state index is 0.516. The monoisotopic (exact) mass is 260 g/mol. The molecule has 1 aliphatic rings. The molecule has 0 saturated carbocycles. The van der Waals surface area contributed by atoms with Gasteiger partial charge in [0.25, 0.3) is 0 Å². The summed E-state index contributed by atoms with van der Waals surface area (Å²) in [5, 5.41) is 29.0. The van der Waals surface area contributed by atoms with Crippen LogP contribution in [0.25, 0.3) is 0 Å². The van der Waals surface area contributed by atoms with Gasteiger partial charge in [0.05, 0.1) is 23.3 Å². The summed E-state index contributed by atoms with van der Waals surface area (Å²) in [6, 6.07) is 9.05. The van der Waals surface area contributed by atoms with E-state index in [0.29, 0.717) is 18.7 Å². The van der Waals surface area contributed by atoms with E-state index in [1.807, 2.05) is 6.92 Å². The van der Waals surface area contributed by atoms with E-state index in [4.69, 9.17) is 5.26 Å². The van der Waals surface area contributed by atoms with Crippen LogP contribution >= 0.6 is 0 Å². The Morgan fingerprint density at radius 3 is 2.68 bits per heavy atom. The second kappa shape index (κ2) is 5.70. The number of hydrogen-bond acceptors (Lipinski definition) is 4. The lowest BCUT2D eigenvalue weighted by Crippen LogP contribution is -2.47. The van der Waals surface area contributed by atoms with Crippen LogP contribution in [0.4, 0.5) is 0 Å². The van der Waals surface area contributed by atoms with Gasteiger partial charge in [0, 0.05) is 13.1 Å². The van der Waals surface area contributed by atoms with Gasteiger partial charge >= 0.3 is 0 Å². The van der Waals surface area contributed by atoms with E-state index in [9.17, 15) is 10.2 Å². The first-order valence-electron chi connectivity index (χ1n) is 6.63. The van der Waals surface area contributed by atoms with E-state index in [1.54, 1.807) is 24.3 Å². The molecule has 4 heteroatoms. The Hall–Kier alpha value is -1.41. The molecule has 2 rings (SSSR count). The number of benzene rings is 1. The second-order valence-corrected chi connectivity index (χ2v) is 5.59. The molecule has 1 saturated heterocycles. The fourth-order valence-corrected chi connectivity index (χ4v) is 2.61. The first kappa shape index (κ1) is 14.0. The molecule has 1 aromatic carbocycles. The zero-order valence-corrected chi connectivity index (χ0v) is 11.2. The molecule has 2 N–H and O–H groups in total. The van der Waals surface area contributed by atoms with E-state index < -0.39 is 11.7 Å². The van der Waals surface area contributed by atoms with E-state index >= 15 is 0 Å². The molecular formula is C15H20N2O2. The average molecular weight is 260 g/mol. The van der Waals surface area contributed by atoms with Gasteiger partial charge in [0.15, 0.2) is 0 Å². The number of aliphatic hydroxyl groups excluding tert-OH is 1. The van der Waals surface area contributed by atoms with Crippen LogP contribution in [-0.2, 0) is 0 Å². The van der Waals surface area contributed by atoms with Crippen molar-refractivity contribution in [1.29, 1.82) is 5.26 Å². The number of β-amino-alcohol motifs (C(OH)–C–C–N with tert-alkyl or cyclic N) is 2. The van der Waals surface area contributed by atoms with E-state index in [-0.39, 0.29) is 0 Å². The third kappa shape index (κ3) is 3.77. The number of nitrogens with zero attached hydrogens (tertiary/aromatic N) is 2. The van der Waals surface area contributed by atoms with E-state index in [0.717, 1.165) is 24.9 Å². The predicted molar refractivity (Wildman–Crippen MR) is 72.4 cm³/mol. The number of nitriles is 1. The van der Waals surface area contributed by atoms with Gasteiger partial charge in [-0.15, -0.1) is 0 Å². The normalized spacial score (nSPS) is 25.8. The van der Waals surface area contributed by atoms with Crippen molar-refractivity contribution in [2.24, 2.45) is 0 Å². The zero-order chi connectivity index (χ0) is 13.9. The summed E-state index contributed by atoms with van der Waals surface area (Å²) in [4.78, 5) is 2.09. The third-order valence-electron chi connectivity index (χ3n) is 3.61. The van der Waals surface area contributed by atoms with Crippen LogP contribution < -0.4 is 0 Å². The molecule has 0 amide bonds. The van der Waals surface area contributed by atoms with Crippen LogP contribution in [0.1, 0.15) is 37.0 Å². The number of hydrogen-bond donors (Lipinski definition) is 2. The highest BCUT2D eigenvalue weighted by Crippen LogP contribution is 2.23. The topological polar surface area (TPSA) is 67.5 Å². The fourth-order valence-electron chi connectivity index (χ4n) is 2.61. The molecule has 1 heterocycles. The Kier molecular flexibility index (Phi) is 4.20. The van der Waals surface area contributed by atoms with E-state index in [2.05, 4.69) is 11.0 Å². The summed E-state index contributed by atoms with van der Waals surface area (Å²) in [5.41, 5.74) is 0.754. The lowest BCUT2D eigenvalue weighted by Gasteiger charge is -2.37. The summed E-state index contributed by atoms with van der Waals surface area (Å²) in [6.07, 6.45) is 1.19. The highest BCUT2D eigenvalue weighted by molar-refractivity contribution is 5.32. The van der Waals surface area contributed by atoms with Gasteiger partial charge in [0.1, 0.15) is 0 Å². The van der Waals surface area contributed by atoms with Gasteiger partial charge in [-0.25, -0.2) is 0 Å². The maximum absolute atomic E-state index is 10.2. The quantitative estimate of drug-likeness (QED) is 0.863. The minimum Gasteiger partial charge on any atom is -0.389 e. The highest BCUT2D eigenvalue weighted by Gasteiger charge is 2.29. The molecule has 1 fully saturated rings. The number of rotatable bonds is 3. The molecule has 0 spiro atoms. The molecule has 1 aromatic rings. The minimum atomic E-state index is -0.650. The van der Waals surface area contributed by atoms with Crippen molar-refractivity contribution in [2.45, 2.75) is 31.5 Å². The van der Waals surface area contributed by atoms with Gasteiger partial charge in [0.2, 0.25) is 0 Å². The maximum atomic E-state index is 10.2. The van der Waals surface area contributed by atoms with Crippen molar-refractivity contribution >= 4 is 0 Å². The van der Waals surface area contributed by atoms with Crippen molar-refractivity contribution in [2.75, 3.05) is 19.6 Å². The van der Waals surface area contributed by atoms with Gasteiger partial charge in [-0.05, 0) is 44.0 Å². The van der Waals surface area contributed by atoms with E-state index in [1.165, 1.54) is 0 Å². The van der Waals surface area contributed by atoms with Crippen molar-refractivity contribution in [1.82, 2.24) is 4.90 Å². The number of aliphatic hydroxyl groups is 2. The number of piperidine rings is 1. The summed E-state index contributed by atoms with van der Waals surface area (Å²) in [6.45, 7) is 3.86. The van der Waals surface area contributed by atoms with Gasteiger partial charge in [-0.2, -0.15) is 5.26 Å². The van der Waals surface area contributed by atoms with Crippen LogP contribution in [0.2, 0.25) is 0 Å². The standard InChI is InChI=1S/C15H20N2O2/c1-15(19)7-2-8-17(11-15)10-14(18)13-5-3-12(9-16)4-6-13/h3-6,14,18-19H,2,7-8,10-11H2,1H3. The van der Waals surface area contributed by atoms with Gasteiger partial charge in [-0.1, -0.05) is 12.1 Å². The first-order valence-corrected chi connectivity index (χ1v) is 6.63. The Balaban J connectivity index is 1.96. The molecule has 2 atom stereocenters. The largest absolute Gasteiger partial charge is 0.389 e. The van der Waals surface area contributed by atoms with Gasteiger partial charge < -0.3 is 10.2 Å². The Bertz CT molecular complexity index is 462. The smallest absolute Gasteiger partial charge is 0.0991 e. The highest BCUT2D eigenvalue weighted by atomic mass is 16.3. The summed E-state index contributed by atoms with van der Waals surface area (Å²) in [5.74, 6) is 0. The van der Waals surface area contributed by atoms with Crippen LogP contribution in [0.5, 0.6) is 0 Å². The van der Waals surface area contributed by atoms with Crippen molar-refractivity contribution < 1.29 is 10.2 Å². The summed E-state index contributed by atoms with van der Waals surface area (Å²) in [7, 11) is 0. The fraction of sp³-hybridized carbons (Fsp3) is 0.533. The zero-order valence-electron chi connectivity index (χ0n) is 11.2. The van der Waals surface area contributed by atoms with Crippen LogP contribution in [0, 0.1) is 11.3 Å².